The average Bonchev–Trinajstić information content (AvgIpc) is 2.99. The summed E-state index contributed by atoms with van der Waals surface area (Å²) in [6.45, 7) is 2.71. The second-order valence-corrected chi connectivity index (χ2v) is 5.68. The highest BCUT2D eigenvalue weighted by molar-refractivity contribution is 5.91. The fourth-order valence-corrected chi connectivity index (χ4v) is 2.45. The fourth-order valence-electron chi connectivity index (χ4n) is 2.45. The summed E-state index contributed by atoms with van der Waals surface area (Å²) >= 11 is 0. The molecular formula is C19H18FN3O. The summed E-state index contributed by atoms with van der Waals surface area (Å²) in [6.07, 6.45) is 2.02. The number of carbonyl (C=O) groups excluding carboxylic acids is 1. The molecule has 3 aromatic rings. The van der Waals surface area contributed by atoms with Gasteiger partial charge in [0.05, 0.1) is 13.0 Å². The summed E-state index contributed by atoms with van der Waals surface area (Å²) in [5, 5.41) is 7.13. The van der Waals surface area contributed by atoms with Crippen molar-refractivity contribution in [1.29, 1.82) is 0 Å². The van der Waals surface area contributed by atoms with Gasteiger partial charge in [-0.25, -0.2) is 4.39 Å². The molecule has 122 valence electrons. The lowest BCUT2D eigenvalue weighted by atomic mass is 10.1. The second kappa shape index (κ2) is 7.08. The molecule has 0 aliphatic carbocycles. The average molecular weight is 323 g/mol. The minimum absolute atomic E-state index is 0.178. The number of carbonyl (C=O) groups is 1. The maximum Gasteiger partial charge on any atom is 0.229 e. The molecule has 0 aliphatic rings. The van der Waals surface area contributed by atoms with Gasteiger partial charge < -0.3 is 5.32 Å². The van der Waals surface area contributed by atoms with Gasteiger partial charge in [0, 0.05) is 12.3 Å². The van der Waals surface area contributed by atoms with Crippen LogP contribution in [-0.2, 0) is 17.8 Å². The Balaban J connectivity index is 1.60. The highest BCUT2D eigenvalue weighted by Gasteiger charge is 2.07. The zero-order valence-electron chi connectivity index (χ0n) is 13.4. The van der Waals surface area contributed by atoms with E-state index in [4.69, 9.17) is 0 Å². The first-order valence-electron chi connectivity index (χ1n) is 7.72. The van der Waals surface area contributed by atoms with Crippen LogP contribution in [0, 0.1) is 12.7 Å². The molecule has 0 bridgehead atoms. The summed E-state index contributed by atoms with van der Waals surface area (Å²) in [6, 6.07) is 15.8. The number of hydrogen-bond acceptors (Lipinski definition) is 2. The van der Waals surface area contributed by atoms with E-state index in [2.05, 4.69) is 29.5 Å². The molecule has 0 atom stereocenters. The maximum atomic E-state index is 12.9. The topological polar surface area (TPSA) is 46.9 Å². The van der Waals surface area contributed by atoms with Gasteiger partial charge in [-0.2, -0.15) is 5.10 Å². The van der Waals surface area contributed by atoms with Crippen molar-refractivity contribution in [2.75, 3.05) is 5.32 Å². The van der Waals surface area contributed by atoms with E-state index in [1.165, 1.54) is 23.3 Å². The minimum atomic E-state index is -0.311. The van der Waals surface area contributed by atoms with Crippen molar-refractivity contribution < 1.29 is 9.18 Å². The van der Waals surface area contributed by atoms with Gasteiger partial charge in [-0.3, -0.25) is 9.48 Å². The second-order valence-electron chi connectivity index (χ2n) is 5.68. The van der Waals surface area contributed by atoms with E-state index in [0.717, 1.165) is 5.56 Å². The van der Waals surface area contributed by atoms with Crippen LogP contribution in [0.1, 0.15) is 16.7 Å². The summed E-state index contributed by atoms with van der Waals surface area (Å²) in [7, 11) is 0. The molecule has 0 spiro atoms. The van der Waals surface area contributed by atoms with Crippen LogP contribution in [0.3, 0.4) is 0 Å². The number of benzene rings is 2. The standard InChI is InChI=1S/C19H18FN3O/c1-14-4-2-3-5-16(14)13-23-11-10-18(22-23)21-19(24)12-15-6-8-17(20)9-7-15/h2-11H,12-13H2,1H3,(H,21,22,24). The number of rotatable bonds is 5. The molecule has 1 aromatic heterocycles. The SMILES string of the molecule is Cc1ccccc1Cn1ccc(NC(=O)Cc2ccc(F)cc2)n1. The molecule has 1 amide bonds. The third-order valence-corrected chi connectivity index (χ3v) is 3.78. The van der Waals surface area contributed by atoms with Gasteiger partial charge >= 0.3 is 0 Å². The maximum absolute atomic E-state index is 12.9. The zero-order valence-corrected chi connectivity index (χ0v) is 13.4. The van der Waals surface area contributed by atoms with Crippen molar-refractivity contribution in [3.8, 4) is 0 Å². The summed E-state index contributed by atoms with van der Waals surface area (Å²) in [4.78, 5) is 12.0. The first kappa shape index (κ1) is 15.9. The van der Waals surface area contributed by atoms with Gasteiger partial charge in [0.2, 0.25) is 5.91 Å². The van der Waals surface area contributed by atoms with Crippen LogP contribution in [-0.4, -0.2) is 15.7 Å². The smallest absolute Gasteiger partial charge is 0.229 e. The molecule has 2 aromatic carbocycles. The molecule has 0 saturated heterocycles. The normalized spacial score (nSPS) is 10.6. The largest absolute Gasteiger partial charge is 0.309 e. The van der Waals surface area contributed by atoms with E-state index >= 15 is 0 Å². The van der Waals surface area contributed by atoms with Crippen LogP contribution >= 0.6 is 0 Å². The Kier molecular flexibility index (Phi) is 4.70. The molecule has 4 nitrogen and oxygen atoms in total. The van der Waals surface area contributed by atoms with Crippen LogP contribution < -0.4 is 5.32 Å². The third-order valence-electron chi connectivity index (χ3n) is 3.78. The lowest BCUT2D eigenvalue weighted by molar-refractivity contribution is -0.115. The number of nitrogens with zero attached hydrogens (tertiary/aromatic N) is 2. The number of nitrogens with one attached hydrogen (secondary N) is 1. The Morgan fingerprint density at radius 2 is 1.88 bits per heavy atom. The fraction of sp³-hybridized carbons (Fsp3) is 0.158. The molecular weight excluding hydrogens is 305 g/mol. The molecule has 0 unspecified atom stereocenters. The quantitative estimate of drug-likeness (QED) is 0.780. The van der Waals surface area contributed by atoms with Gasteiger partial charge in [0.15, 0.2) is 5.82 Å². The molecule has 24 heavy (non-hydrogen) atoms. The van der Waals surface area contributed by atoms with E-state index in [0.29, 0.717) is 12.4 Å². The Hall–Kier alpha value is -2.95. The van der Waals surface area contributed by atoms with E-state index in [1.807, 2.05) is 18.3 Å². The van der Waals surface area contributed by atoms with E-state index in [1.54, 1.807) is 22.9 Å². The van der Waals surface area contributed by atoms with Crippen molar-refractivity contribution in [1.82, 2.24) is 9.78 Å². The number of hydrogen-bond donors (Lipinski definition) is 1. The van der Waals surface area contributed by atoms with Gasteiger partial charge in [0.25, 0.3) is 0 Å². The summed E-state index contributed by atoms with van der Waals surface area (Å²) < 4.78 is 14.7. The minimum Gasteiger partial charge on any atom is -0.309 e. The molecule has 3 rings (SSSR count). The highest BCUT2D eigenvalue weighted by Crippen LogP contribution is 2.11. The summed E-state index contributed by atoms with van der Waals surface area (Å²) in [5.41, 5.74) is 3.15. The lowest BCUT2D eigenvalue weighted by Gasteiger charge is -2.06. The van der Waals surface area contributed by atoms with Crippen LogP contribution in [0.4, 0.5) is 10.2 Å². The van der Waals surface area contributed by atoms with Gasteiger partial charge in [0.1, 0.15) is 5.82 Å². The predicted octanol–water partition coefficient (Wildman–Crippen LogP) is 3.56. The number of anilines is 1. The Morgan fingerprint density at radius 1 is 1.12 bits per heavy atom. The molecule has 0 aliphatic heterocycles. The van der Waals surface area contributed by atoms with Crippen LogP contribution in [0.15, 0.2) is 60.8 Å². The molecule has 1 N–H and O–H groups in total. The van der Waals surface area contributed by atoms with Gasteiger partial charge in [-0.15, -0.1) is 0 Å². The first-order valence-corrected chi connectivity index (χ1v) is 7.72. The molecule has 5 heteroatoms. The Morgan fingerprint density at radius 3 is 2.62 bits per heavy atom. The Labute approximate surface area is 139 Å². The van der Waals surface area contributed by atoms with Crippen molar-refractivity contribution in [2.45, 2.75) is 19.9 Å². The van der Waals surface area contributed by atoms with Crippen molar-refractivity contribution in [2.24, 2.45) is 0 Å². The molecule has 1 heterocycles. The van der Waals surface area contributed by atoms with Gasteiger partial charge in [-0.1, -0.05) is 36.4 Å². The van der Waals surface area contributed by atoms with Crippen LogP contribution in [0.25, 0.3) is 0 Å². The number of halogens is 1. The molecule has 0 radical (unpaired) electrons. The van der Waals surface area contributed by atoms with E-state index in [-0.39, 0.29) is 18.1 Å². The monoisotopic (exact) mass is 323 g/mol. The van der Waals surface area contributed by atoms with Gasteiger partial charge in [-0.05, 0) is 35.7 Å². The highest BCUT2D eigenvalue weighted by atomic mass is 19.1. The van der Waals surface area contributed by atoms with Crippen LogP contribution in [0.5, 0.6) is 0 Å². The molecule has 0 fully saturated rings. The van der Waals surface area contributed by atoms with E-state index in [9.17, 15) is 9.18 Å². The van der Waals surface area contributed by atoms with Crippen molar-refractivity contribution in [3.63, 3.8) is 0 Å². The van der Waals surface area contributed by atoms with Crippen LogP contribution in [0.2, 0.25) is 0 Å². The first-order chi connectivity index (χ1) is 11.6. The van der Waals surface area contributed by atoms with E-state index < -0.39 is 0 Å². The third kappa shape index (κ3) is 4.07. The summed E-state index contributed by atoms with van der Waals surface area (Å²) in [5.74, 6) is 0.0209. The zero-order chi connectivity index (χ0) is 16.9. The number of aryl methyl sites for hydroxylation is 1. The molecule has 0 saturated carbocycles. The lowest BCUT2D eigenvalue weighted by Crippen LogP contribution is -2.15. The van der Waals surface area contributed by atoms with Crippen molar-refractivity contribution in [3.05, 3.63) is 83.3 Å². The van der Waals surface area contributed by atoms with Crippen molar-refractivity contribution >= 4 is 11.7 Å². The Bertz CT molecular complexity index is 840. The predicted molar refractivity (Wildman–Crippen MR) is 91.2 cm³/mol. The number of amides is 1. The number of aromatic nitrogens is 2.